The molecule has 9 nitrogen and oxygen atoms in total. The van der Waals surface area contributed by atoms with Gasteiger partial charge in [-0.25, -0.2) is 0 Å². The lowest BCUT2D eigenvalue weighted by Crippen LogP contribution is -2.23. The summed E-state index contributed by atoms with van der Waals surface area (Å²) in [5.41, 5.74) is 4.78. The van der Waals surface area contributed by atoms with Gasteiger partial charge in [-0.05, 0) is 19.1 Å². The van der Waals surface area contributed by atoms with Crippen molar-refractivity contribution in [2.24, 2.45) is 5.73 Å². The highest BCUT2D eigenvalue weighted by atomic mass is 16.7. The summed E-state index contributed by atoms with van der Waals surface area (Å²) in [7, 11) is 0. The second-order valence-electron chi connectivity index (χ2n) is 6.50. The molecule has 1 aromatic carbocycles. The molecule has 1 aliphatic heterocycles. The maximum absolute atomic E-state index is 12.7. The first-order chi connectivity index (χ1) is 13.3. The highest BCUT2D eigenvalue weighted by molar-refractivity contribution is 5.84. The van der Waals surface area contributed by atoms with Gasteiger partial charge in [0.05, 0.1) is 11.4 Å². The van der Waals surface area contributed by atoms with Crippen molar-refractivity contribution < 1.29 is 23.8 Å². The Morgan fingerprint density at radius 1 is 1.21 bits per heavy atom. The Bertz CT molecular complexity index is 1230. The van der Waals surface area contributed by atoms with E-state index in [0.29, 0.717) is 22.4 Å². The SMILES string of the molecule is Cc1cc(=O)c(O)c(C(CC(N)=O)c2cc3cc4c(cc3[nH]c2=O)OCO4)o1. The molecule has 144 valence electrons. The number of aryl methyl sites for hydroxylation is 1. The summed E-state index contributed by atoms with van der Waals surface area (Å²) < 4.78 is 16.1. The predicted octanol–water partition coefficient (Wildman–Crippen LogP) is 1.23. The van der Waals surface area contributed by atoms with Crippen molar-refractivity contribution >= 4 is 16.8 Å². The van der Waals surface area contributed by atoms with Crippen LogP contribution in [0.1, 0.15) is 29.4 Å². The number of nitrogens with one attached hydrogen (secondary N) is 1. The number of aromatic hydroxyl groups is 1. The number of benzene rings is 1. The van der Waals surface area contributed by atoms with E-state index < -0.39 is 28.6 Å². The molecule has 3 aromatic rings. The molecular weight excluding hydrogens is 368 g/mol. The first-order valence-corrected chi connectivity index (χ1v) is 8.42. The highest BCUT2D eigenvalue weighted by Crippen LogP contribution is 2.37. The molecular formula is C19H16N2O7. The summed E-state index contributed by atoms with van der Waals surface area (Å²) >= 11 is 0. The predicted molar refractivity (Wildman–Crippen MR) is 97.7 cm³/mol. The molecule has 4 N–H and O–H groups in total. The van der Waals surface area contributed by atoms with Gasteiger partial charge in [-0.1, -0.05) is 0 Å². The van der Waals surface area contributed by atoms with Gasteiger partial charge in [0.25, 0.3) is 5.56 Å². The van der Waals surface area contributed by atoms with Crippen LogP contribution in [0, 0.1) is 6.92 Å². The Hall–Kier alpha value is -3.75. The topological polar surface area (TPSA) is 145 Å². The summed E-state index contributed by atoms with van der Waals surface area (Å²) in [6.45, 7) is 1.60. The third-order valence-electron chi connectivity index (χ3n) is 4.54. The fourth-order valence-electron chi connectivity index (χ4n) is 3.28. The van der Waals surface area contributed by atoms with Crippen LogP contribution in [0.15, 0.2) is 38.3 Å². The Kier molecular flexibility index (Phi) is 4.07. The summed E-state index contributed by atoms with van der Waals surface area (Å²) in [4.78, 5) is 39.0. The lowest BCUT2D eigenvalue weighted by molar-refractivity contribution is -0.118. The minimum absolute atomic E-state index is 0.0787. The van der Waals surface area contributed by atoms with Crippen molar-refractivity contribution in [1.29, 1.82) is 0 Å². The lowest BCUT2D eigenvalue weighted by atomic mass is 9.92. The zero-order chi connectivity index (χ0) is 20.0. The van der Waals surface area contributed by atoms with Crippen LogP contribution in [0.3, 0.4) is 0 Å². The normalized spacial score (nSPS) is 13.6. The number of primary amides is 1. The standard InChI is InChI=1S/C19H16N2O7/c1-8-2-13(22)17(24)18(28-8)10(5-16(20)23)11-3-9-4-14-15(27-7-26-14)6-12(9)21-19(11)25/h2-4,6,10,24H,5,7H2,1H3,(H2,20,23)(H,21,25). The Morgan fingerprint density at radius 2 is 1.93 bits per heavy atom. The number of rotatable bonds is 4. The van der Waals surface area contributed by atoms with Crippen LogP contribution in [-0.4, -0.2) is 22.8 Å². The van der Waals surface area contributed by atoms with Gasteiger partial charge in [-0.15, -0.1) is 0 Å². The molecule has 1 unspecified atom stereocenters. The molecule has 0 radical (unpaired) electrons. The van der Waals surface area contributed by atoms with E-state index >= 15 is 0 Å². The van der Waals surface area contributed by atoms with Crippen LogP contribution in [0.2, 0.25) is 0 Å². The maximum atomic E-state index is 12.7. The van der Waals surface area contributed by atoms with Gasteiger partial charge in [-0.2, -0.15) is 0 Å². The van der Waals surface area contributed by atoms with E-state index in [-0.39, 0.29) is 30.3 Å². The second-order valence-corrected chi connectivity index (χ2v) is 6.50. The Balaban J connectivity index is 1.94. The summed E-state index contributed by atoms with van der Waals surface area (Å²) in [5, 5.41) is 10.8. The number of aromatic amines is 1. The van der Waals surface area contributed by atoms with Gasteiger partial charge < -0.3 is 29.7 Å². The molecule has 3 heterocycles. The third-order valence-corrected chi connectivity index (χ3v) is 4.54. The molecule has 0 aliphatic carbocycles. The fourth-order valence-corrected chi connectivity index (χ4v) is 3.28. The molecule has 9 heteroatoms. The van der Waals surface area contributed by atoms with Crippen LogP contribution in [0.4, 0.5) is 0 Å². The number of H-pyrrole nitrogens is 1. The average Bonchev–Trinajstić information content (AvgIpc) is 3.07. The highest BCUT2D eigenvalue weighted by Gasteiger charge is 2.28. The number of ether oxygens (including phenoxy) is 2. The van der Waals surface area contributed by atoms with Crippen LogP contribution < -0.4 is 26.2 Å². The number of fused-ring (bicyclic) bond motifs is 2. The van der Waals surface area contributed by atoms with Gasteiger partial charge in [0.1, 0.15) is 5.76 Å². The average molecular weight is 384 g/mol. The lowest BCUT2D eigenvalue weighted by Gasteiger charge is -2.16. The maximum Gasteiger partial charge on any atom is 0.252 e. The number of amides is 1. The Morgan fingerprint density at radius 3 is 2.64 bits per heavy atom. The summed E-state index contributed by atoms with van der Waals surface area (Å²) in [6, 6.07) is 5.98. The van der Waals surface area contributed by atoms with Gasteiger partial charge >= 0.3 is 0 Å². The third kappa shape index (κ3) is 2.96. The van der Waals surface area contributed by atoms with Gasteiger partial charge in [0, 0.05) is 29.5 Å². The number of hydrogen-bond acceptors (Lipinski definition) is 7. The van der Waals surface area contributed by atoms with Crippen LogP contribution in [0.5, 0.6) is 17.2 Å². The minimum Gasteiger partial charge on any atom is -0.502 e. The number of nitrogens with two attached hydrogens (primary N) is 1. The van der Waals surface area contributed by atoms with Gasteiger partial charge in [-0.3, -0.25) is 14.4 Å². The number of pyridine rings is 1. The van der Waals surface area contributed by atoms with Crippen molar-refractivity contribution in [2.75, 3.05) is 6.79 Å². The molecule has 2 aromatic heterocycles. The fraction of sp³-hybridized carbons (Fsp3) is 0.211. The molecule has 28 heavy (non-hydrogen) atoms. The van der Waals surface area contributed by atoms with Crippen molar-refractivity contribution in [1.82, 2.24) is 4.98 Å². The van der Waals surface area contributed by atoms with Crippen LogP contribution >= 0.6 is 0 Å². The molecule has 4 rings (SSSR count). The van der Waals surface area contributed by atoms with Crippen molar-refractivity contribution in [2.45, 2.75) is 19.3 Å². The Labute approximate surface area is 157 Å². The van der Waals surface area contributed by atoms with Gasteiger partial charge in [0.2, 0.25) is 23.9 Å². The molecule has 0 bridgehead atoms. The zero-order valence-electron chi connectivity index (χ0n) is 14.8. The van der Waals surface area contributed by atoms with E-state index in [2.05, 4.69) is 4.98 Å². The smallest absolute Gasteiger partial charge is 0.252 e. The zero-order valence-corrected chi connectivity index (χ0v) is 14.8. The van der Waals surface area contributed by atoms with E-state index in [1.165, 1.54) is 6.92 Å². The summed E-state index contributed by atoms with van der Waals surface area (Å²) in [5.74, 6) is -1.36. The van der Waals surface area contributed by atoms with Crippen LogP contribution in [-0.2, 0) is 4.79 Å². The van der Waals surface area contributed by atoms with E-state index in [9.17, 15) is 19.5 Å². The second kappa shape index (κ2) is 6.45. The van der Waals surface area contributed by atoms with Gasteiger partial charge in [0.15, 0.2) is 17.3 Å². The first kappa shape index (κ1) is 17.7. The molecule has 0 spiro atoms. The molecule has 0 saturated heterocycles. The summed E-state index contributed by atoms with van der Waals surface area (Å²) in [6.07, 6.45) is -0.334. The number of aromatic nitrogens is 1. The number of carbonyl (C=O) groups is 1. The molecule has 1 amide bonds. The molecule has 0 saturated carbocycles. The number of hydrogen-bond donors (Lipinski definition) is 3. The monoisotopic (exact) mass is 384 g/mol. The van der Waals surface area contributed by atoms with E-state index in [4.69, 9.17) is 19.6 Å². The largest absolute Gasteiger partial charge is 0.502 e. The molecule has 0 fully saturated rings. The molecule has 1 aliphatic rings. The van der Waals surface area contributed by atoms with E-state index in [1.807, 2.05) is 0 Å². The molecule has 1 atom stereocenters. The number of carbonyl (C=O) groups excluding carboxylic acids is 1. The van der Waals surface area contributed by atoms with Crippen molar-refractivity contribution in [3.8, 4) is 17.2 Å². The quantitative estimate of drug-likeness (QED) is 0.613. The minimum atomic E-state index is -1.04. The van der Waals surface area contributed by atoms with Crippen molar-refractivity contribution in [3.63, 3.8) is 0 Å². The van der Waals surface area contributed by atoms with Crippen LogP contribution in [0.25, 0.3) is 10.9 Å². The first-order valence-electron chi connectivity index (χ1n) is 8.42. The van der Waals surface area contributed by atoms with Crippen molar-refractivity contribution in [3.05, 3.63) is 61.9 Å². The van der Waals surface area contributed by atoms with E-state index in [1.54, 1.807) is 18.2 Å². The van der Waals surface area contributed by atoms with E-state index in [0.717, 1.165) is 6.07 Å².